The maximum absolute atomic E-state index is 12.9. The molecule has 2 fully saturated rings. The summed E-state index contributed by atoms with van der Waals surface area (Å²) in [6, 6.07) is 0. The summed E-state index contributed by atoms with van der Waals surface area (Å²) in [7, 11) is 0. The Morgan fingerprint density at radius 2 is 1.63 bits per heavy atom. The maximum Gasteiger partial charge on any atom is 0.411 e. The fraction of sp³-hybridized carbons (Fsp3) is 0.833. The Kier molecular flexibility index (Phi) is 3.53. The summed E-state index contributed by atoms with van der Waals surface area (Å²) in [6.45, 7) is 0. The molecule has 0 aromatic heterocycles. The highest BCUT2D eigenvalue weighted by Crippen LogP contribution is 2.50. The molecule has 0 atom stereocenters. The normalized spacial score (nSPS) is 24.6. The van der Waals surface area contributed by atoms with Crippen LogP contribution in [0, 0.1) is 5.41 Å². The van der Waals surface area contributed by atoms with Crippen molar-refractivity contribution < 1.29 is 18.0 Å². The SMILES string of the molecule is NC(=S)C1(C(=O)NC2(C(F)(F)F)CC2)CCCCC1. The van der Waals surface area contributed by atoms with Crippen LogP contribution in [0.4, 0.5) is 13.2 Å². The number of nitrogens with two attached hydrogens (primary N) is 1. The molecule has 0 aromatic carbocycles. The smallest absolute Gasteiger partial charge is 0.392 e. The molecule has 2 rings (SSSR count). The summed E-state index contributed by atoms with van der Waals surface area (Å²) < 4.78 is 38.6. The highest BCUT2D eigenvalue weighted by atomic mass is 32.1. The third kappa shape index (κ3) is 2.44. The summed E-state index contributed by atoms with van der Waals surface area (Å²) in [5.74, 6) is -0.644. The number of carbonyl (C=O) groups excluding carboxylic acids is 1. The van der Waals surface area contributed by atoms with E-state index in [2.05, 4.69) is 5.32 Å². The summed E-state index contributed by atoms with van der Waals surface area (Å²) in [5, 5.41) is 2.17. The highest BCUT2D eigenvalue weighted by molar-refractivity contribution is 7.80. The molecule has 0 aromatic rings. The van der Waals surface area contributed by atoms with Crippen LogP contribution in [0.1, 0.15) is 44.9 Å². The molecule has 0 aliphatic heterocycles. The van der Waals surface area contributed by atoms with E-state index < -0.39 is 23.0 Å². The van der Waals surface area contributed by atoms with E-state index in [4.69, 9.17) is 18.0 Å². The van der Waals surface area contributed by atoms with Gasteiger partial charge >= 0.3 is 6.18 Å². The van der Waals surface area contributed by atoms with Crippen molar-refractivity contribution in [1.29, 1.82) is 0 Å². The number of nitrogens with one attached hydrogen (secondary N) is 1. The lowest BCUT2D eigenvalue weighted by Gasteiger charge is -2.36. The van der Waals surface area contributed by atoms with E-state index >= 15 is 0 Å². The zero-order valence-electron chi connectivity index (χ0n) is 10.5. The Bertz CT molecular complexity index is 398. The average Bonchev–Trinajstić information content (AvgIpc) is 3.10. The molecule has 0 spiro atoms. The van der Waals surface area contributed by atoms with Crippen LogP contribution in [-0.2, 0) is 4.79 Å². The number of alkyl halides is 3. The van der Waals surface area contributed by atoms with Gasteiger partial charge in [-0.3, -0.25) is 4.79 Å². The van der Waals surface area contributed by atoms with Gasteiger partial charge in [-0.25, -0.2) is 0 Å². The van der Waals surface area contributed by atoms with E-state index in [1.165, 1.54) is 0 Å². The predicted molar refractivity (Wildman–Crippen MR) is 68.5 cm³/mol. The van der Waals surface area contributed by atoms with E-state index in [0.717, 1.165) is 19.3 Å². The fourth-order valence-corrected chi connectivity index (χ4v) is 2.98. The Labute approximate surface area is 115 Å². The number of thiocarbonyl (C=S) groups is 1. The third-order valence-corrected chi connectivity index (χ3v) is 4.65. The van der Waals surface area contributed by atoms with Crippen LogP contribution < -0.4 is 11.1 Å². The molecule has 2 aliphatic carbocycles. The molecular formula is C12H17F3N2OS. The quantitative estimate of drug-likeness (QED) is 0.786. The van der Waals surface area contributed by atoms with Crippen molar-refractivity contribution in [3.8, 4) is 0 Å². The van der Waals surface area contributed by atoms with Crippen LogP contribution in [-0.4, -0.2) is 22.6 Å². The molecular weight excluding hydrogens is 277 g/mol. The molecule has 108 valence electrons. The Hall–Kier alpha value is -0.850. The summed E-state index contributed by atoms with van der Waals surface area (Å²) >= 11 is 4.94. The molecule has 3 N–H and O–H groups in total. The molecule has 0 radical (unpaired) electrons. The molecule has 3 nitrogen and oxygen atoms in total. The lowest BCUT2D eigenvalue weighted by atomic mass is 9.73. The first-order chi connectivity index (χ1) is 8.74. The van der Waals surface area contributed by atoms with Gasteiger partial charge in [0, 0.05) is 0 Å². The van der Waals surface area contributed by atoms with Crippen molar-refractivity contribution in [2.45, 2.75) is 56.7 Å². The average molecular weight is 294 g/mol. The molecule has 0 heterocycles. The van der Waals surface area contributed by atoms with Crippen molar-refractivity contribution in [1.82, 2.24) is 5.32 Å². The van der Waals surface area contributed by atoms with Crippen LogP contribution in [0.15, 0.2) is 0 Å². The first-order valence-electron chi connectivity index (χ1n) is 6.43. The minimum Gasteiger partial charge on any atom is -0.392 e. The van der Waals surface area contributed by atoms with Gasteiger partial charge in [-0.05, 0) is 25.7 Å². The molecule has 0 bridgehead atoms. The van der Waals surface area contributed by atoms with Crippen LogP contribution in [0.3, 0.4) is 0 Å². The van der Waals surface area contributed by atoms with Gasteiger partial charge in [0.05, 0.1) is 10.4 Å². The third-order valence-electron chi connectivity index (χ3n) is 4.26. The van der Waals surface area contributed by atoms with Gasteiger partial charge in [0.25, 0.3) is 0 Å². The maximum atomic E-state index is 12.9. The van der Waals surface area contributed by atoms with Gasteiger partial charge < -0.3 is 11.1 Å². The van der Waals surface area contributed by atoms with Crippen molar-refractivity contribution in [2.24, 2.45) is 11.1 Å². The van der Waals surface area contributed by atoms with E-state index in [1.54, 1.807) is 0 Å². The van der Waals surface area contributed by atoms with Gasteiger partial charge in [0.2, 0.25) is 5.91 Å². The van der Waals surface area contributed by atoms with Gasteiger partial charge in [0.1, 0.15) is 5.54 Å². The predicted octanol–water partition coefficient (Wildman–Crippen LogP) is 2.43. The zero-order chi connectivity index (χ0) is 14.3. The first-order valence-corrected chi connectivity index (χ1v) is 6.84. The second kappa shape index (κ2) is 4.61. The molecule has 0 saturated heterocycles. The second-order valence-corrected chi connectivity index (χ2v) is 5.98. The molecule has 2 saturated carbocycles. The lowest BCUT2D eigenvalue weighted by Crippen LogP contribution is -2.57. The van der Waals surface area contributed by atoms with E-state index in [-0.39, 0.29) is 17.8 Å². The van der Waals surface area contributed by atoms with E-state index in [0.29, 0.717) is 12.8 Å². The standard InChI is InChI=1S/C12H17F3N2OS/c13-12(14,15)11(6-7-11)17-9(18)10(8(16)19)4-2-1-3-5-10/h1-7H2,(H2,16,19)(H,17,18). The van der Waals surface area contributed by atoms with Gasteiger partial charge in [-0.2, -0.15) is 13.2 Å². The molecule has 19 heavy (non-hydrogen) atoms. The minimum absolute atomic E-state index is 0.0164. The number of halogens is 3. The highest BCUT2D eigenvalue weighted by Gasteiger charge is 2.65. The van der Waals surface area contributed by atoms with Crippen molar-refractivity contribution >= 4 is 23.1 Å². The van der Waals surface area contributed by atoms with E-state index in [1.807, 2.05) is 0 Å². The Balaban J connectivity index is 2.16. The summed E-state index contributed by atoms with van der Waals surface area (Å²) in [6.07, 6.45) is -1.14. The zero-order valence-corrected chi connectivity index (χ0v) is 11.3. The molecule has 1 amide bonds. The molecule has 0 unspecified atom stereocenters. The fourth-order valence-electron chi connectivity index (χ4n) is 2.68. The lowest BCUT2D eigenvalue weighted by molar-refractivity contribution is -0.172. The van der Waals surface area contributed by atoms with Crippen molar-refractivity contribution in [3.05, 3.63) is 0 Å². The summed E-state index contributed by atoms with van der Waals surface area (Å²) in [4.78, 5) is 12.3. The number of carbonyl (C=O) groups is 1. The minimum atomic E-state index is -4.41. The topological polar surface area (TPSA) is 55.1 Å². The molecule has 7 heteroatoms. The van der Waals surface area contributed by atoms with E-state index in [9.17, 15) is 18.0 Å². The van der Waals surface area contributed by atoms with Crippen LogP contribution in [0.2, 0.25) is 0 Å². The van der Waals surface area contributed by atoms with Crippen LogP contribution >= 0.6 is 12.2 Å². The Morgan fingerprint density at radius 3 is 2.00 bits per heavy atom. The largest absolute Gasteiger partial charge is 0.411 e. The number of hydrogen-bond donors (Lipinski definition) is 2. The number of hydrogen-bond acceptors (Lipinski definition) is 2. The monoisotopic (exact) mass is 294 g/mol. The van der Waals surface area contributed by atoms with Crippen LogP contribution in [0.5, 0.6) is 0 Å². The first kappa shape index (κ1) is 14.6. The van der Waals surface area contributed by atoms with Crippen molar-refractivity contribution in [2.75, 3.05) is 0 Å². The van der Waals surface area contributed by atoms with Gasteiger partial charge in [-0.15, -0.1) is 0 Å². The number of amides is 1. The molecule has 2 aliphatic rings. The second-order valence-electron chi connectivity index (χ2n) is 5.54. The number of rotatable bonds is 3. The van der Waals surface area contributed by atoms with Crippen molar-refractivity contribution in [3.63, 3.8) is 0 Å². The van der Waals surface area contributed by atoms with Gasteiger partial charge in [0.15, 0.2) is 0 Å². The summed E-state index contributed by atoms with van der Waals surface area (Å²) in [5.41, 5.74) is 2.51. The van der Waals surface area contributed by atoms with Gasteiger partial charge in [-0.1, -0.05) is 31.5 Å². The Morgan fingerprint density at radius 1 is 1.11 bits per heavy atom. The van der Waals surface area contributed by atoms with Crippen LogP contribution in [0.25, 0.3) is 0 Å².